The van der Waals surface area contributed by atoms with Crippen LogP contribution < -0.4 is 10.6 Å². The molecule has 2 N–H and O–H groups in total. The first-order valence-corrected chi connectivity index (χ1v) is 9.23. The largest absolute Gasteiger partial charge is 0.355 e. The summed E-state index contributed by atoms with van der Waals surface area (Å²) in [6.45, 7) is 6.90. The summed E-state index contributed by atoms with van der Waals surface area (Å²) in [6.07, 6.45) is 3.82. The normalized spacial score (nSPS) is 17.9. The van der Waals surface area contributed by atoms with E-state index in [0.717, 1.165) is 38.0 Å². The molecule has 0 saturated carbocycles. The van der Waals surface area contributed by atoms with Crippen LogP contribution in [-0.4, -0.2) is 25.5 Å². The van der Waals surface area contributed by atoms with Gasteiger partial charge in [0.15, 0.2) is 0 Å². The Kier molecular flexibility index (Phi) is 8.86. The summed E-state index contributed by atoms with van der Waals surface area (Å²) in [4.78, 5) is 13.0. The number of piperidine rings is 1. The third-order valence-electron chi connectivity index (χ3n) is 5.06. The smallest absolute Gasteiger partial charge is 0.230 e. The minimum Gasteiger partial charge on any atom is -0.355 e. The molecule has 1 aromatic carbocycles. The average Bonchev–Trinajstić information content (AvgIpc) is 2.58. The van der Waals surface area contributed by atoms with Crippen LogP contribution in [0.25, 0.3) is 0 Å². The number of rotatable bonds is 6. The summed E-state index contributed by atoms with van der Waals surface area (Å²) in [5.74, 6) is 0.611. The van der Waals surface area contributed by atoms with Crippen molar-refractivity contribution in [3.05, 3.63) is 33.8 Å². The first-order chi connectivity index (χ1) is 11.0. The maximum atomic E-state index is 13.0. The standard InChI is InChI=1S/C18H26Cl2N2O.ClH/c1-3-18(4-2,14-7-8-15(19)16(20)10-14)17(23)22-12-13-6-5-9-21-11-13;/h7-8,10,13,21H,3-6,9,11-12H2,1-2H3,(H,22,23);1H. The summed E-state index contributed by atoms with van der Waals surface area (Å²) < 4.78 is 0. The zero-order valence-electron chi connectivity index (χ0n) is 14.3. The highest BCUT2D eigenvalue weighted by Crippen LogP contribution is 2.35. The predicted molar refractivity (Wildman–Crippen MR) is 105 cm³/mol. The topological polar surface area (TPSA) is 41.1 Å². The summed E-state index contributed by atoms with van der Waals surface area (Å²) >= 11 is 12.2. The van der Waals surface area contributed by atoms with Gasteiger partial charge in [-0.3, -0.25) is 4.79 Å². The van der Waals surface area contributed by atoms with Gasteiger partial charge in [-0.25, -0.2) is 0 Å². The molecular formula is C18H27Cl3N2O. The molecule has 3 nitrogen and oxygen atoms in total. The summed E-state index contributed by atoms with van der Waals surface area (Å²) in [6, 6.07) is 5.53. The Labute approximate surface area is 161 Å². The lowest BCUT2D eigenvalue weighted by Crippen LogP contribution is -2.47. The lowest BCUT2D eigenvalue weighted by molar-refractivity contribution is -0.127. The zero-order valence-corrected chi connectivity index (χ0v) is 16.7. The molecule has 1 unspecified atom stereocenters. The van der Waals surface area contributed by atoms with Crippen LogP contribution >= 0.6 is 35.6 Å². The van der Waals surface area contributed by atoms with E-state index in [1.54, 1.807) is 6.07 Å². The number of nitrogens with one attached hydrogen (secondary N) is 2. The van der Waals surface area contributed by atoms with Gasteiger partial charge >= 0.3 is 0 Å². The zero-order chi connectivity index (χ0) is 16.9. The van der Waals surface area contributed by atoms with Crippen LogP contribution in [0.3, 0.4) is 0 Å². The molecule has 1 fully saturated rings. The molecule has 6 heteroatoms. The molecule has 1 saturated heterocycles. The highest BCUT2D eigenvalue weighted by atomic mass is 35.5. The summed E-state index contributed by atoms with van der Waals surface area (Å²) in [5, 5.41) is 7.58. The molecule has 136 valence electrons. The Morgan fingerprint density at radius 2 is 2.00 bits per heavy atom. The second-order valence-electron chi connectivity index (χ2n) is 6.34. The number of halogens is 3. The fourth-order valence-corrected chi connectivity index (χ4v) is 3.71. The number of carbonyl (C=O) groups is 1. The molecule has 1 aromatic rings. The summed E-state index contributed by atoms with van der Waals surface area (Å²) in [7, 11) is 0. The van der Waals surface area contributed by atoms with Crippen LogP contribution in [0.15, 0.2) is 18.2 Å². The molecule has 1 heterocycles. The highest BCUT2D eigenvalue weighted by Gasteiger charge is 2.37. The first kappa shape index (κ1) is 21.6. The molecular weight excluding hydrogens is 367 g/mol. The van der Waals surface area contributed by atoms with Crippen molar-refractivity contribution in [2.75, 3.05) is 19.6 Å². The first-order valence-electron chi connectivity index (χ1n) is 8.48. The molecule has 0 bridgehead atoms. The van der Waals surface area contributed by atoms with Gasteiger partial charge in [0.2, 0.25) is 5.91 Å². The molecule has 1 aliphatic heterocycles. The average molecular weight is 394 g/mol. The molecule has 1 atom stereocenters. The van der Waals surface area contributed by atoms with E-state index < -0.39 is 5.41 Å². The van der Waals surface area contributed by atoms with E-state index in [1.165, 1.54) is 12.8 Å². The van der Waals surface area contributed by atoms with Crippen molar-refractivity contribution in [2.45, 2.75) is 44.9 Å². The van der Waals surface area contributed by atoms with Gasteiger partial charge < -0.3 is 10.6 Å². The fourth-order valence-electron chi connectivity index (χ4n) is 3.41. The van der Waals surface area contributed by atoms with E-state index in [9.17, 15) is 4.79 Å². The van der Waals surface area contributed by atoms with E-state index >= 15 is 0 Å². The van der Waals surface area contributed by atoms with E-state index in [1.807, 2.05) is 26.0 Å². The number of hydrogen-bond donors (Lipinski definition) is 2. The molecule has 0 aromatic heterocycles. The van der Waals surface area contributed by atoms with Crippen LogP contribution in [0.1, 0.15) is 45.1 Å². The number of amides is 1. The van der Waals surface area contributed by atoms with Crippen molar-refractivity contribution < 1.29 is 4.79 Å². The number of benzene rings is 1. The lowest BCUT2D eigenvalue weighted by atomic mass is 9.75. The minimum absolute atomic E-state index is 0. The van der Waals surface area contributed by atoms with Crippen LogP contribution in [0.5, 0.6) is 0 Å². The monoisotopic (exact) mass is 392 g/mol. The van der Waals surface area contributed by atoms with Gasteiger partial charge in [-0.2, -0.15) is 0 Å². The Morgan fingerprint density at radius 1 is 1.29 bits per heavy atom. The number of carbonyl (C=O) groups excluding carboxylic acids is 1. The van der Waals surface area contributed by atoms with E-state index in [-0.39, 0.29) is 18.3 Å². The van der Waals surface area contributed by atoms with Crippen LogP contribution in [0.2, 0.25) is 10.0 Å². The van der Waals surface area contributed by atoms with Gasteiger partial charge in [-0.05, 0) is 62.4 Å². The molecule has 24 heavy (non-hydrogen) atoms. The lowest BCUT2D eigenvalue weighted by Gasteiger charge is -2.32. The second kappa shape index (κ2) is 9.86. The Morgan fingerprint density at radius 3 is 2.54 bits per heavy atom. The summed E-state index contributed by atoms with van der Waals surface area (Å²) in [5.41, 5.74) is 0.396. The molecule has 1 aliphatic rings. The second-order valence-corrected chi connectivity index (χ2v) is 7.15. The van der Waals surface area contributed by atoms with Gasteiger partial charge in [0.1, 0.15) is 0 Å². The molecule has 2 rings (SSSR count). The van der Waals surface area contributed by atoms with Gasteiger partial charge in [-0.1, -0.05) is 43.1 Å². The van der Waals surface area contributed by atoms with Crippen molar-refractivity contribution in [2.24, 2.45) is 5.92 Å². The van der Waals surface area contributed by atoms with Gasteiger partial charge in [0.05, 0.1) is 15.5 Å². The van der Waals surface area contributed by atoms with Crippen LogP contribution in [-0.2, 0) is 10.2 Å². The Balaban J connectivity index is 0.00000288. The van der Waals surface area contributed by atoms with Gasteiger partial charge in [0, 0.05) is 6.54 Å². The quantitative estimate of drug-likeness (QED) is 0.742. The van der Waals surface area contributed by atoms with Crippen molar-refractivity contribution in [1.29, 1.82) is 0 Å². The van der Waals surface area contributed by atoms with Gasteiger partial charge in [-0.15, -0.1) is 12.4 Å². The van der Waals surface area contributed by atoms with Gasteiger partial charge in [0.25, 0.3) is 0 Å². The maximum absolute atomic E-state index is 13.0. The van der Waals surface area contributed by atoms with E-state index in [2.05, 4.69) is 10.6 Å². The van der Waals surface area contributed by atoms with Crippen molar-refractivity contribution in [3.63, 3.8) is 0 Å². The third-order valence-corrected chi connectivity index (χ3v) is 5.80. The Bertz CT molecular complexity index is 541. The van der Waals surface area contributed by atoms with Crippen molar-refractivity contribution in [3.8, 4) is 0 Å². The highest BCUT2D eigenvalue weighted by molar-refractivity contribution is 6.42. The molecule has 0 aliphatic carbocycles. The molecule has 0 spiro atoms. The predicted octanol–water partition coefficient (Wildman–Crippen LogP) is 4.59. The molecule has 0 radical (unpaired) electrons. The SMILES string of the molecule is CCC(CC)(C(=O)NCC1CCCNC1)c1ccc(Cl)c(Cl)c1.Cl. The third kappa shape index (κ3) is 4.78. The van der Waals surface area contributed by atoms with Crippen LogP contribution in [0.4, 0.5) is 0 Å². The van der Waals surface area contributed by atoms with E-state index in [0.29, 0.717) is 16.0 Å². The Hall–Kier alpha value is -0.480. The fraction of sp³-hybridized carbons (Fsp3) is 0.611. The van der Waals surface area contributed by atoms with Crippen molar-refractivity contribution >= 4 is 41.5 Å². The van der Waals surface area contributed by atoms with Crippen LogP contribution in [0, 0.1) is 5.92 Å². The minimum atomic E-state index is -0.545. The molecule has 1 amide bonds. The van der Waals surface area contributed by atoms with Crippen molar-refractivity contribution in [1.82, 2.24) is 10.6 Å². The number of hydrogen-bond acceptors (Lipinski definition) is 2. The van der Waals surface area contributed by atoms with E-state index in [4.69, 9.17) is 23.2 Å². The maximum Gasteiger partial charge on any atom is 0.230 e.